The Balaban J connectivity index is 2.18. The fraction of sp³-hybridized carbons (Fsp3) is 0.0714. The molecule has 1 N–H and O–H groups in total. The smallest absolute Gasteiger partial charge is 0.335 e. The van der Waals surface area contributed by atoms with Crippen LogP contribution in [-0.4, -0.2) is 16.0 Å². The summed E-state index contributed by atoms with van der Waals surface area (Å²) in [6, 6.07) is 10.9. The molecule has 0 aliphatic carbocycles. The molecule has 0 fully saturated rings. The number of rotatable bonds is 5. The number of hydrogen-bond acceptors (Lipinski definition) is 4. The molecule has 2 aromatic carbocycles. The average Bonchev–Trinajstić information content (AvgIpc) is 2.46. The number of carboxylic acid groups (broad SMARTS) is 1. The van der Waals surface area contributed by atoms with Crippen LogP contribution >= 0.6 is 23.4 Å². The zero-order chi connectivity index (χ0) is 15.4. The van der Waals surface area contributed by atoms with Crippen LogP contribution in [0.25, 0.3) is 0 Å². The number of nitrogens with zero attached hydrogens (tertiary/aromatic N) is 1. The Morgan fingerprint density at radius 1 is 1.29 bits per heavy atom. The monoisotopic (exact) mass is 323 g/mol. The van der Waals surface area contributed by atoms with Crippen LogP contribution in [0.15, 0.2) is 47.4 Å². The van der Waals surface area contributed by atoms with E-state index in [9.17, 15) is 14.9 Å². The molecule has 2 rings (SSSR count). The third-order valence-corrected chi connectivity index (χ3v) is 4.00. The van der Waals surface area contributed by atoms with Gasteiger partial charge in [0.2, 0.25) is 0 Å². The molecule has 0 radical (unpaired) electrons. The van der Waals surface area contributed by atoms with E-state index in [4.69, 9.17) is 16.7 Å². The molecule has 5 nitrogen and oxygen atoms in total. The number of benzene rings is 2. The molecule has 0 atom stereocenters. The number of carbonyl (C=O) groups is 1. The van der Waals surface area contributed by atoms with Crippen molar-refractivity contribution >= 4 is 35.0 Å². The number of halogens is 1. The van der Waals surface area contributed by atoms with Gasteiger partial charge in [0.05, 0.1) is 10.5 Å². The van der Waals surface area contributed by atoms with Crippen molar-refractivity contribution in [1.82, 2.24) is 0 Å². The first-order valence-electron chi connectivity index (χ1n) is 5.86. The molecule has 0 heterocycles. The molecule has 0 unspecified atom stereocenters. The molecule has 0 saturated heterocycles. The summed E-state index contributed by atoms with van der Waals surface area (Å²) in [4.78, 5) is 22.1. The molecular weight excluding hydrogens is 314 g/mol. The minimum atomic E-state index is -1.00. The summed E-state index contributed by atoms with van der Waals surface area (Å²) in [6.07, 6.45) is 0. The second-order valence-corrected chi connectivity index (χ2v) is 5.64. The molecule has 108 valence electrons. The number of hydrogen-bond donors (Lipinski definition) is 1. The molecule has 0 bridgehead atoms. The first kappa shape index (κ1) is 15.3. The van der Waals surface area contributed by atoms with E-state index in [-0.39, 0.29) is 11.3 Å². The molecule has 0 aromatic heterocycles. The lowest BCUT2D eigenvalue weighted by atomic mass is 10.2. The average molecular weight is 324 g/mol. The summed E-state index contributed by atoms with van der Waals surface area (Å²) in [6.45, 7) is 0. The zero-order valence-electron chi connectivity index (χ0n) is 10.7. The highest BCUT2D eigenvalue weighted by molar-refractivity contribution is 7.98. The van der Waals surface area contributed by atoms with Crippen LogP contribution in [0.5, 0.6) is 0 Å². The maximum Gasteiger partial charge on any atom is 0.335 e. The first-order valence-corrected chi connectivity index (χ1v) is 7.22. The second-order valence-electron chi connectivity index (χ2n) is 4.15. The second kappa shape index (κ2) is 6.60. The molecule has 0 spiro atoms. The molecule has 0 aliphatic rings. The van der Waals surface area contributed by atoms with Gasteiger partial charge in [-0.2, -0.15) is 0 Å². The lowest BCUT2D eigenvalue weighted by Gasteiger charge is -2.05. The van der Waals surface area contributed by atoms with Gasteiger partial charge in [-0.15, -0.1) is 11.8 Å². The van der Waals surface area contributed by atoms with Crippen LogP contribution in [0.3, 0.4) is 0 Å². The van der Waals surface area contributed by atoms with Crippen molar-refractivity contribution in [3.63, 3.8) is 0 Å². The van der Waals surface area contributed by atoms with Crippen LogP contribution in [0.2, 0.25) is 5.02 Å². The Bertz CT molecular complexity index is 705. The molecule has 0 aliphatic heterocycles. The Morgan fingerprint density at radius 2 is 2.05 bits per heavy atom. The van der Waals surface area contributed by atoms with Crippen LogP contribution < -0.4 is 0 Å². The van der Waals surface area contributed by atoms with Gasteiger partial charge < -0.3 is 5.11 Å². The quantitative estimate of drug-likeness (QED) is 0.505. The van der Waals surface area contributed by atoms with E-state index in [0.29, 0.717) is 16.3 Å². The van der Waals surface area contributed by atoms with Crippen LogP contribution in [-0.2, 0) is 5.75 Å². The van der Waals surface area contributed by atoms with Crippen molar-refractivity contribution in [3.8, 4) is 0 Å². The van der Waals surface area contributed by atoms with Gasteiger partial charge in [0.1, 0.15) is 0 Å². The lowest BCUT2D eigenvalue weighted by Crippen LogP contribution is -1.96. The summed E-state index contributed by atoms with van der Waals surface area (Å²) in [7, 11) is 0. The Morgan fingerprint density at radius 3 is 2.71 bits per heavy atom. The van der Waals surface area contributed by atoms with Crippen molar-refractivity contribution in [2.24, 2.45) is 0 Å². The SMILES string of the molecule is O=C(O)c1cccc(SCc2ccc(Cl)cc2[N+](=O)[O-])c1. The molecule has 21 heavy (non-hydrogen) atoms. The topological polar surface area (TPSA) is 80.4 Å². The van der Waals surface area contributed by atoms with Gasteiger partial charge >= 0.3 is 5.97 Å². The highest BCUT2D eigenvalue weighted by atomic mass is 35.5. The van der Waals surface area contributed by atoms with Crippen molar-refractivity contribution in [1.29, 1.82) is 0 Å². The number of thioether (sulfide) groups is 1. The van der Waals surface area contributed by atoms with Gasteiger partial charge in [0.15, 0.2) is 0 Å². The summed E-state index contributed by atoms with van der Waals surface area (Å²) < 4.78 is 0. The van der Waals surface area contributed by atoms with E-state index >= 15 is 0 Å². The van der Waals surface area contributed by atoms with Crippen molar-refractivity contribution in [2.75, 3.05) is 0 Å². The molecule has 7 heteroatoms. The van der Waals surface area contributed by atoms with Crippen molar-refractivity contribution < 1.29 is 14.8 Å². The third-order valence-electron chi connectivity index (χ3n) is 2.72. The van der Waals surface area contributed by atoms with E-state index in [1.165, 1.54) is 30.0 Å². The minimum absolute atomic E-state index is 0.0376. The van der Waals surface area contributed by atoms with Crippen LogP contribution in [0.1, 0.15) is 15.9 Å². The largest absolute Gasteiger partial charge is 0.478 e. The minimum Gasteiger partial charge on any atom is -0.478 e. The summed E-state index contributed by atoms with van der Waals surface area (Å²) in [5.74, 6) is -0.647. The van der Waals surface area contributed by atoms with Gasteiger partial charge in [0, 0.05) is 27.3 Å². The summed E-state index contributed by atoms with van der Waals surface area (Å²) >= 11 is 7.09. The number of carboxylic acids is 1. The number of nitro benzene ring substituents is 1. The van der Waals surface area contributed by atoms with E-state index in [1.807, 2.05) is 0 Å². The van der Waals surface area contributed by atoms with Gasteiger partial charge in [-0.1, -0.05) is 17.7 Å². The van der Waals surface area contributed by atoms with Gasteiger partial charge in [-0.05, 0) is 30.3 Å². The van der Waals surface area contributed by atoms with E-state index in [2.05, 4.69) is 0 Å². The van der Waals surface area contributed by atoms with Crippen molar-refractivity contribution in [2.45, 2.75) is 10.6 Å². The Hall–Kier alpha value is -2.05. The Kier molecular flexibility index (Phi) is 4.82. The van der Waals surface area contributed by atoms with Gasteiger partial charge in [-0.25, -0.2) is 4.79 Å². The maximum atomic E-state index is 11.0. The first-order chi connectivity index (χ1) is 9.97. The predicted molar refractivity (Wildman–Crippen MR) is 81.1 cm³/mol. The maximum absolute atomic E-state index is 11.0. The van der Waals surface area contributed by atoms with Gasteiger partial charge in [-0.3, -0.25) is 10.1 Å². The normalized spacial score (nSPS) is 10.3. The van der Waals surface area contributed by atoms with Gasteiger partial charge in [0.25, 0.3) is 5.69 Å². The number of aromatic carboxylic acids is 1. The van der Waals surface area contributed by atoms with E-state index < -0.39 is 10.9 Å². The zero-order valence-corrected chi connectivity index (χ0v) is 12.2. The van der Waals surface area contributed by atoms with Crippen LogP contribution in [0.4, 0.5) is 5.69 Å². The Labute approximate surface area is 129 Å². The standard InChI is InChI=1S/C14H10ClNO4S/c15-11-5-4-10(13(7-11)16(19)20)8-21-12-3-1-2-9(6-12)14(17)18/h1-7H,8H2,(H,17,18). The molecular formula is C14H10ClNO4S. The fourth-order valence-electron chi connectivity index (χ4n) is 1.71. The van der Waals surface area contributed by atoms with E-state index in [0.717, 1.165) is 4.90 Å². The third kappa shape index (κ3) is 3.96. The predicted octanol–water partition coefficient (Wildman–Crippen LogP) is 4.24. The summed E-state index contributed by atoms with van der Waals surface area (Å²) in [5, 5.41) is 20.2. The van der Waals surface area contributed by atoms with Crippen molar-refractivity contribution in [3.05, 3.63) is 68.7 Å². The highest BCUT2D eigenvalue weighted by Crippen LogP contribution is 2.30. The fourth-order valence-corrected chi connectivity index (χ4v) is 2.83. The molecule has 0 amide bonds. The number of nitro groups is 1. The van der Waals surface area contributed by atoms with Crippen LogP contribution in [0, 0.1) is 10.1 Å². The summed E-state index contributed by atoms with van der Waals surface area (Å²) in [5.41, 5.74) is 0.685. The molecule has 2 aromatic rings. The molecule has 0 saturated carbocycles. The van der Waals surface area contributed by atoms with E-state index in [1.54, 1.807) is 24.3 Å². The lowest BCUT2D eigenvalue weighted by molar-refractivity contribution is -0.385. The highest BCUT2D eigenvalue weighted by Gasteiger charge is 2.14.